The molecular formula is C19H26N4O2. The van der Waals surface area contributed by atoms with Gasteiger partial charge in [-0.3, -0.25) is 4.98 Å². The number of nitrogens with zero attached hydrogens (tertiary/aromatic N) is 3. The molecule has 0 aliphatic carbocycles. The first kappa shape index (κ1) is 17.5. The van der Waals surface area contributed by atoms with E-state index >= 15 is 0 Å². The highest BCUT2D eigenvalue weighted by Crippen LogP contribution is 2.28. The predicted molar refractivity (Wildman–Crippen MR) is 95.3 cm³/mol. The predicted octanol–water partition coefficient (Wildman–Crippen LogP) is 3.73. The minimum atomic E-state index is -0.0586. The summed E-state index contributed by atoms with van der Waals surface area (Å²) in [6.07, 6.45) is 6.45. The van der Waals surface area contributed by atoms with Crippen LogP contribution in [0.4, 0.5) is 4.79 Å². The van der Waals surface area contributed by atoms with E-state index in [1.807, 2.05) is 31.1 Å². The van der Waals surface area contributed by atoms with Gasteiger partial charge in [0.25, 0.3) is 0 Å². The van der Waals surface area contributed by atoms with E-state index in [0.29, 0.717) is 5.92 Å². The van der Waals surface area contributed by atoms with Gasteiger partial charge >= 0.3 is 6.03 Å². The summed E-state index contributed by atoms with van der Waals surface area (Å²) in [5, 5.41) is 7.16. The smallest absolute Gasteiger partial charge is 0.317 e. The molecule has 1 atom stereocenters. The third kappa shape index (κ3) is 3.83. The first-order chi connectivity index (χ1) is 12.1. The lowest BCUT2D eigenvalue weighted by molar-refractivity contribution is 0.177. The van der Waals surface area contributed by atoms with Gasteiger partial charge in [0.1, 0.15) is 5.76 Å². The van der Waals surface area contributed by atoms with E-state index < -0.39 is 0 Å². The molecule has 0 unspecified atom stereocenters. The molecule has 1 aliphatic heterocycles. The number of pyridine rings is 1. The van der Waals surface area contributed by atoms with Gasteiger partial charge in [0.05, 0.1) is 11.7 Å². The fourth-order valence-electron chi connectivity index (χ4n) is 3.66. The molecule has 2 aromatic rings. The van der Waals surface area contributed by atoms with Gasteiger partial charge in [0.2, 0.25) is 0 Å². The molecule has 134 valence electrons. The van der Waals surface area contributed by atoms with Crippen LogP contribution in [0.2, 0.25) is 0 Å². The molecule has 3 heterocycles. The van der Waals surface area contributed by atoms with E-state index in [4.69, 9.17) is 4.52 Å². The Kier molecular flexibility index (Phi) is 5.36. The monoisotopic (exact) mass is 342 g/mol. The fraction of sp³-hybridized carbons (Fsp3) is 0.526. The molecule has 0 bridgehead atoms. The maximum atomic E-state index is 12.7. The third-order valence-corrected chi connectivity index (χ3v) is 5.10. The fourth-order valence-corrected chi connectivity index (χ4v) is 3.66. The lowest BCUT2D eigenvalue weighted by Gasteiger charge is -2.33. The highest BCUT2D eigenvalue weighted by molar-refractivity contribution is 5.75. The number of hydrogen-bond acceptors (Lipinski definition) is 4. The Bertz CT molecular complexity index is 686. The molecule has 1 aliphatic rings. The molecule has 0 aromatic carbocycles. The third-order valence-electron chi connectivity index (χ3n) is 5.10. The van der Waals surface area contributed by atoms with E-state index in [0.717, 1.165) is 49.4 Å². The van der Waals surface area contributed by atoms with Crippen LogP contribution in [0, 0.1) is 13.8 Å². The van der Waals surface area contributed by atoms with E-state index in [9.17, 15) is 4.79 Å². The zero-order valence-electron chi connectivity index (χ0n) is 15.2. The Morgan fingerprint density at radius 3 is 2.56 bits per heavy atom. The van der Waals surface area contributed by atoms with Crippen molar-refractivity contribution in [2.45, 2.75) is 52.0 Å². The van der Waals surface area contributed by atoms with Crippen molar-refractivity contribution in [1.82, 2.24) is 20.4 Å². The van der Waals surface area contributed by atoms with Gasteiger partial charge in [-0.2, -0.15) is 0 Å². The summed E-state index contributed by atoms with van der Waals surface area (Å²) >= 11 is 0. The Morgan fingerprint density at radius 2 is 2.00 bits per heavy atom. The van der Waals surface area contributed by atoms with E-state index in [1.54, 1.807) is 0 Å². The quantitative estimate of drug-likeness (QED) is 0.919. The Labute approximate surface area is 148 Å². The van der Waals surface area contributed by atoms with Crippen molar-refractivity contribution in [2.24, 2.45) is 0 Å². The number of urea groups is 1. The second-order valence-electron chi connectivity index (χ2n) is 6.69. The van der Waals surface area contributed by atoms with E-state index in [-0.39, 0.29) is 12.1 Å². The summed E-state index contributed by atoms with van der Waals surface area (Å²) in [7, 11) is 0. The zero-order chi connectivity index (χ0) is 17.8. The number of rotatable bonds is 4. The van der Waals surface area contributed by atoms with Crippen LogP contribution >= 0.6 is 0 Å². The largest absolute Gasteiger partial charge is 0.361 e. The van der Waals surface area contributed by atoms with E-state index in [1.165, 1.54) is 5.56 Å². The molecule has 25 heavy (non-hydrogen) atoms. The number of hydrogen-bond donors (Lipinski definition) is 1. The van der Waals surface area contributed by atoms with Crippen LogP contribution in [-0.4, -0.2) is 34.2 Å². The molecule has 2 aromatic heterocycles. The summed E-state index contributed by atoms with van der Waals surface area (Å²) in [6, 6.07) is 4.09. The van der Waals surface area contributed by atoms with Crippen molar-refractivity contribution in [1.29, 1.82) is 0 Å². The maximum absolute atomic E-state index is 12.7. The van der Waals surface area contributed by atoms with Crippen molar-refractivity contribution >= 4 is 6.03 Å². The number of carbonyl (C=O) groups is 1. The number of carbonyl (C=O) groups excluding carboxylic acids is 1. The molecule has 3 rings (SSSR count). The molecule has 0 radical (unpaired) electrons. The first-order valence-electron chi connectivity index (χ1n) is 8.98. The van der Waals surface area contributed by atoms with Gasteiger partial charge in [0.15, 0.2) is 0 Å². The SMILES string of the molecule is CC[C@H](NC(=O)N1CCC(c2ccncc2)CC1)c1c(C)noc1C. The Hall–Kier alpha value is -2.37. The number of aromatic nitrogens is 2. The van der Waals surface area contributed by atoms with Gasteiger partial charge in [-0.05, 0) is 56.7 Å². The summed E-state index contributed by atoms with van der Waals surface area (Å²) in [5.41, 5.74) is 3.17. The van der Waals surface area contributed by atoms with Crippen molar-refractivity contribution in [3.05, 3.63) is 47.1 Å². The van der Waals surface area contributed by atoms with Crippen LogP contribution < -0.4 is 5.32 Å². The van der Waals surface area contributed by atoms with Crippen LogP contribution in [-0.2, 0) is 0 Å². The number of aryl methyl sites for hydroxylation is 2. The maximum Gasteiger partial charge on any atom is 0.317 e. The van der Waals surface area contributed by atoms with Crippen molar-refractivity contribution in [3.63, 3.8) is 0 Å². The van der Waals surface area contributed by atoms with Gasteiger partial charge < -0.3 is 14.7 Å². The normalized spacial score (nSPS) is 16.7. The average Bonchev–Trinajstić information content (AvgIpc) is 2.99. The molecule has 6 heteroatoms. The lowest BCUT2D eigenvalue weighted by Crippen LogP contribution is -2.45. The average molecular weight is 342 g/mol. The van der Waals surface area contributed by atoms with Crippen LogP contribution in [0.15, 0.2) is 29.0 Å². The molecule has 1 saturated heterocycles. The van der Waals surface area contributed by atoms with Crippen molar-refractivity contribution in [2.75, 3.05) is 13.1 Å². The molecule has 2 amide bonds. The van der Waals surface area contributed by atoms with Crippen LogP contribution in [0.25, 0.3) is 0 Å². The minimum Gasteiger partial charge on any atom is -0.361 e. The van der Waals surface area contributed by atoms with E-state index in [2.05, 4.69) is 34.5 Å². The summed E-state index contributed by atoms with van der Waals surface area (Å²) in [4.78, 5) is 18.7. The summed E-state index contributed by atoms with van der Waals surface area (Å²) in [6.45, 7) is 7.42. The van der Waals surface area contributed by atoms with Crippen LogP contribution in [0.3, 0.4) is 0 Å². The number of nitrogens with one attached hydrogen (secondary N) is 1. The highest BCUT2D eigenvalue weighted by Gasteiger charge is 2.27. The Morgan fingerprint density at radius 1 is 1.32 bits per heavy atom. The van der Waals surface area contributed by atoms with Crippen LogP contribution in [0.1, 0.15) is 60.7 Å². The minimum absolute atomic E-state index is 0.0000262. The summed E-state index contributed by atoms with van der Waals surface area (Å²) < 4.78 is 5.25. The van der Waals surface area contributed by atoms with Gasteiger partial charge in [-0.25, -0.2) is 4.79 Å². The van der Waals surface area contributed by atoms with Crippen LogP contribution in [0.5, 0.6) is 0 Å². The molecule has 1 fully saturated rings. The first-order valence-corrected chi connectivity index (χ1v) is 8.98. The lowest BCUT2D eigenvalue weighted by atomic mass is 9.90. The van der Waals surface area contributed by atoms with Crippen molar-refractivity contribution < 1.29 is 9.32 Å². The molecular weight excluding hydrogens is 316 g/mol. The molecule has 0 saturated carbocycles. The Balaban J connectivity index is 1.59. The second-order valence-corrected chi connectivity index (χ2v) is 6.69. The highest BCUT2D eigenvalue weighted by atomic mass is 16.5. The van der Waals surface area contributed by atoms with Gasteiger partial charge in [-0.1, -0.05) is 12.1 Å². The standard InChI is InChI=1S/C19H26N4O2/c1-4-17(18-13(2)22-25-14(18)3)21-19(24)23-11-7-16(8-12-23)15-5-9-20-10-6-15/h5-6,9-10,16-17H,4,7-8,11-12H2,1-3H3,(H,21,24)/t17-/m0/s1. The van der Waals surface area contributed by atoms with Gasteiger partial charge in [0, 0.05) is 31.0 Å². The summed E-state index contributed by atoms with van der Waals surface area (Å²) in [5.74, 6) is 1.29. The van der Waals surface area contributed by atoms with Crippen molar-refractivity contribution in [3.8, 4) is 0 Å². The number of likely N-dealkylation sites (tertiary alicyclic amines) is 1. The number of piperidine rings is 1. The second kappa shape index (κ2) is 7.68. The molecule has 6 nitrogen and oxygen atoms in total. The zero-order valence-corrected chi connectivity index (χ0v) is 15.2. The molecule has 0 spiro atoms. The van der Waals surface area contributed by atoms with Gasteiger partial charge in [-0.15, -0.1) is 0 Å². The number of amides is 2. The topological polar surface area (TPSA) is 71.3 Å². The molecule has 1 N–H and O–H groups in total.